The molecular formula is C14H15IN2O. The van der Waals surface area contributed by atoms with Crippen LogP contribution in [0.5, 0.6) is 0 Å². The number of aromatic nitrogens is 1. The molecule has 3 rings (SSSR count). The smallest absolute Gasteiger partial charge is 0.208 e. The first kappa shape index (κ1) is 12.2. The van der Waals surface area contributed by atoms with Crippen molar-refractivity contribution in [2.45, 2.75) is 32.4 Å². The first-order valence-corrected chi connectivity index (χ1v) is 7.25. The first-order valence-electron chi connectivity index (χ1n) is 6.17. The van der Waals surface area contributed by atoms with Gasteiger partial charge in [0.1, 0.15) is 0 Å². The predicted molar refractivity (Wildman–Crippen MR) is 79.3 cm³/mol. The standard InChI is InChI=1S/C14H15IN2O/c1-9-3-2-4-11(14(9)15)12-7-17-13(18-12)8-16-10-5-6-10/h2-4,7,10,16H,5-6,8H2,1H3. The molecule has 1 saturated carbocycles. The lowest BCUT2D eigenvalue weighted by Crippen LogP contribution is -2.15. The molecule has 94 valence electrons. The fourth-order valence-electron chi connectivity index (χ4n) is 1.87. The molecule has 0 unspecified atom stereocenters. The molecule has 4 heteroatoms. The SMILES string of the molecule is Cc1cccc(-c2cnc(CNC3CC3)o2)c1I. The van der Waals surface area contributed by atoms with Crippen molar-refractivity contribution in [2.75, 3.05) is 0 Å². The van der Waals surface area contributed by atoms with Crippen molar-refractivity contribution in [3.63, 3.8) is 0 Å². The van der Waals surface area contributed by atoms with Crippen LogP contribution in [-0.2, 0) is 6.54 Å². The number of benzene rings is 1. The molecular weight excluding hydrogens is 339 g/mol. The molecule has 0 bridgehead atoms. The monoisotopic (exact) mass is 354 g/mol. The molecule has 1 heterocycles. The second-order valence-corrected chi connectivity index (χ2v) is 5.79. The maximum absolute atomic E-state index is 5.81. The van der Waals surface area contributed by atoms with Crippen LogP contribution in [0.4, 0.5) is 0 Å². The van der Waals surface area contributed by atoms with Crippen LogP contribution in [0.25, 0.3) is 11.3 Å². The van der Waals surface area contributed by atoms with Crippen LogP contribution in [0.3, 0.4) is 0 Å². The van der Waals surface area contributed by atoms with Crippen LogP contribution in [-0.4, -0.2) is 11.0 Å². The lowest BCUT2D eigenvalue weighted by molar-refractivity contribution is 0.476. The third-order valence-corrected chi connectivity index (χ3v) is 4.56. The Morgan fingerprint density at radius 2 is 2.28 bits per heavy atom. The molecule has 1 aliphatic carbocycles. The van der Waals surface area contributed by atoms with Crippen molar-refractivity contribution < 1.29 is 4.42 Å². The summed E-state index contributed by atoms with van der Waals surface area (Å²) in [5.41, 5.74) is 2.39. The fraction of sp³-hybridized carbons (Fsp3) is 0.357. The van der Waals surface area contributed by atoms with Crippen LogP contribution in [0.15, 0.2) is 28.8 Å². The zero-order valence-electron chi connectivity index (χ0n) is 10.2. The Morgan fingerprint density at radius 1 is 1.44 bits per heavy atom. The zero-order chi connectivity index (χ0) is 12.5. The molecule has 1 N–H and O–H groups in total. The number of oxazole rings is 1. The van der Waals surface area contributed by atoms with Gasteiger partial charge in [0.2, 0.25) is 5.89 Å². The highest BCUT2D eigenvalue weighted by Crippen LogP contribution is 2.28. The highest BCUT2D eigenvalue weighted by Gasteiger charge is 2.21. The number of halogens is 1. The topological polar surface area (TPSA) is 38.1 Å². The van der Waals surface area contributed by atoms with Gasteiger partial charge in [0.15, 0.2) is 5.76 Å². The van der Waals surface area contributed by atoms with Crippen LogP contribution in [0.2, 0.25) is 0 Å². The number of aryl methyl sites for hydroxylation is 1. The van der Waals surface area contributed by atoms with E-state index in [4.69, 9.17) is 4.42 Å². The summed E-state index contributed by atoms with van der Waals surface area (Å²) < 4.78 is 7.03. The fourth-order valence-corrected chi connectivity index (χ4v) is 2.50. The predicted octanol–water partition coefficient (Wildman–Crippen LogP) is 3.51. The van der Waals surface area contributed by atoms with Gasteiger partial charge in [-0.25, -0.2) is 4.98 Å². The quantitative estimate of drug-likeness (QED) is 0.854. The Balaban J connectivity index is 1.80. The minimum Gasteiger partial charge on any atom is -0.439 e. The van der Waals surface area contributed by atoms with Gasteiger partial charge in [0.05, 0.1) is 12.7 Å². The molecule has 1 aromatic heterocycles. The van der Waals surface area contributed by atoms with E-state index in [1.165, 1.54) is 22.0 Å². The molecule has 1 aliphatic rings. The van der Waals surface area contributed by atoms with Crippen molar-refractivity contribution in [3.05, 3.63) is 39.4 Å². The summed E-state index contributed by atoms with van der Waals surface area (Å²) in [5, 5.41) is 3.41. The summed E-state index contributed by atoms with van der Waals surface area (Å²) in [4.78, 5) is 4.33. The van der Waals surface area contributed by atoms with Crippen LogP contribution < -0.4 is 5.32 Å². The van der Waals surface area contributed by atoms with Crippen molar-refractivity contribution in [2.24, 2.45) is 0 Å². The van der Waals surface area contributed by atoms with Gasteiger partial charge in [-0.15, -0.1) is 0 Å². The average Bonchev–Trinajstić information content (AvgIpc) is 3.08. The minimum atomic E-state index is 0.680. The van der Waals surface area contributed by atoms with Gasteiger partial charge in [0, 0.05) is 15.2 Å². The summed E-state index contributed by atoms with van der Waals surface area (Å²) >= 11 is 2.36. The Bertz CT molecular complexity index is 561. The number of nitrogens with zero attached hydrogens (tertiary/aromatic N) is 1. The molecule has 0 amide bonds. The molecule has 1 aromatic carbocycles. The maximum atomic E-state index is 5.81. The van der Waals surface area contributed by atoms with Gasteiger partial charge >= 0.3 is 0 Å². The van der Waals surface area contributed by atoms with Gasteiger partial charge in [-0.3, -0.25) is 0 Å². The van der Waals surface area contributed by atoms with Crippen molar-refractivity contribution in [1.82, 2.24) is 10.3 Å². The van der Waals surface area contributed by atoms with Gasteiger partial charge in [-0.2, -0.15) is 0 Å². The van der Waals surface area contributed by atoms with E-state index in [0.717, 1.165) is 23.8 Å². The van der Waals surface area contributed by atoms with E-state index in [1.54, 1.807) is 0 Å². The Morgan fingerprint density at radius 3 is 3.06 bits per heavy atom. The number of hydrogen-bond acceptors (Lipinski definition) is 3. The van der Waals surface area contributed by atoms with E-state index in [-0.39, 0.29) is 0 Å². The Labute approximate surface area is 120 Å². The molecule has 0 spiro atoms. The second-order valence-electron chi connectivity index (χ2n) is 4.71. The highest BCUT2D eigenvalue weighted by atomic mass is 127. The van der Waals surface area contributed by atoms with Crippen molar-refractivity contribution >= 4 is 22.6 Å². The van der Waals surface area contributed by atoms with E-state index in [1.807, 2.05) is 6.20 Å². The second kappa shape index (κ2) is 5.01. The van der Waals surface area contributed by atoms with E-state index >= 15 is 0 Å². The summed E-state index contributed by atoms with van der Waals surface area (Å²) in [6.45, 7) is 2.84. The maximum Gasteiger partial charge on any atom is 0.208 e. The summed E-state index contributed by atoms with van der Waals surface area (Å²) in [7, 11) is 0. The van der Waals surface area contributed by atoms with Crippen LogP contribution in [0, 0.1) is 10.5 Å². The first-order chi connectivity index (χ1) is 8.74. The van der Waals surface area contributed by atoms with E-state index < -0.39 is 0 Å². The van der Waals surface area contributed by atoms with E-state index in [0.29, 0.717) is 6.04 Å². The van der Waals surface area contributed by atoms with Crippen molar-refractivity contribution in [1.29, 1.82) is 0 Å². The Kier molecular flexibility index (Phi) is 3.39. The zero-order valence-corrected chi connectivity index (χ0v) is 12.4. The Hall–Kier alpha value is -0.880. The molecule has 3 nitrogen and oxygen atoms in total. The van der Waals surface area contributed by atoms with Gasteiger partial charge < -0.3 is 9.73 Å². The third-order valence-electron chi connectivity index (χ3n) is 3.13. The van der Waals surface area contributed by atoms with Crippen molar-refractivity contribution in [3.8, 4) is 11.3 Å². The molecule has 1 fully saturated rings. The van der Waals surface area contributed by atoms with Gasteiger partial charge in [-0.05, 0) is 47.9 Å². The summed E-state index contributed by atoms with van der Waals surface area (Å²) in [6.07, 6.45) is 4.38. The van der Waals surface area contributed by atoms with E-state index in [9.17, 15) is 0 Å². The van der Waals surface area contributed by atoms with E-state index in [2.05, 4.69) is 58.0 Å². The van der Waals surface area contributed by atoms with Gasteiger partial charge in [0.25, 0.3) is 0 Å². The summed E-state index contributed by atoms with van der Waals surface area (Å²) in [6, 6.07) is 6.92. The number of hydrogen-bond donors (Lipinski definition) is 1. The van der Waals surface area contributed by atoms with Gasteiger partial charge in [-0.1, -0.05) is 18.2 Å². The lowest BCUT2D eigenvalue weighted by atomic mass is 10.1. The highest BCUT2D eigenvalue weighted by molar-refractivity contribution is 14.1. The largest absolute Gasteiger partial charge is 0.439 e. The summed E-state index contributed by atoms with van der Waals surface area (Å²) in [5.74, 6) is 1.63. The number of rotatable bonds is 4. The molecule has 0 aliphatic heterocycles. The normalized spacial score (nSPS) is 15.0. The van der Waals surface area contributed by atoms with Crippen LogP contribution >= 0.6 is 22.6 Å². The molecule has 0 atom stereocenters. The molecule has 0 saturated heterocycles. The molecule has 2 aromatic rings. The molecule has 18 heavy (non-hydrogen) atoms. The average molecular weight is 354 g/mol. The molecule has 0 radical (unpaired) electrons. The minimum absolute atomic E-state index is 0.680. The van der Waals surface area contributed by atoms with Crippen LogP contribution in [0.1, 0.15) is 24.3 Å². The lowest BCUT2D eigenvalue weighted by Gasteiger charge is -2.03. The number of nitrogens with one attached hydrogen (secondary N) is 1. The third kappa shape index (κ3) is 2.59.